The largest absolute Gasteiger partial charge is 0.463 e. The van der Waals surface area contributed by atoms with Gasteiger partial charge in [-0.25, -0.2) is 24.0 Å². The number of aliphatic hydroxyl groups is 1. The molecule has 0 spiro atoms. The van der Waals surface area contributed by atoms with Crippen LogP contribution in [0.1, 0.15) is 58.7 Å². The Hall–Kier alpha value is -7.28. The smallest absolute Gasteiger partial charge is 0.338 e. The van der Waals surface area contributed by atoms with E-state index in [-0.39, 0.29) is 27.8 Å². The lowest BCUT2D eigenvalue weighted by atomic mass is 9.95. The average Bonchev–Trinajstić information content (AvgIpc) is 3.76. The van der Waals surface area contributed by atoms with Crippen LogP contribution in [0.25, 0.3) is 0 Å². The summed E-state index contributed by atoms with van der Waals surface area (Å²) in [6.07, 6.45) is -17.6. The summed E-state index contributed by atoms with van der Waals surface area (Å²) < 4.78 is 60.7. The molecular formula is C50H44O17. The molecule has 17 heteroatoms. The van der Waals surface area contributed by atoms with Crippen molar-refractivity contribution in [3.05, 3.63) is 179 Å². The Morgan fingerprint density at radius 3 is 1.27 bits per heavy atom. The van der Waals surface area contributed by atoms with Crippen molar-refractivity contribution in [3.63, 3.8) is 0 Å². The molecule has 1 N–H and O–H groups in total. The second kappa shape index (κ2) is 21.4. The van der Waals surface area contributed by atoms with Gasteiger partial charge in [-0.3, -0.25) is 4.79 Å². The molecule has 0 aliphatic carbocycles. The van der Waals surface area contributed by atoms with Gasteiger partial charge in [-0.15, -0.1) is 0 Å². The standard InChI is InChI=1S/C50H44O17/c1-29(51)58-27-35-39-41(40(37(52)49(60-35)66-39)63-46(55)32-21-11-4-12-22-32)67-50-43(65-48(57)34-25-15-6-16-26-34)42(64-47(56)33-23-13-5-14-24-33)38(62-45(54)31-19-9-3-10-20-31)36(61-50)28-59-44(53)30-17-7-2-8-18-30/h2-26,35-43,49-50,52H,27-28H2,1H3/t35-,36+,37-,38+,39+,40+,41+,42-,43+,49+,50-/m0/s1. The Labute approximate surface area is 383 Å². The van der Waals surface area contributed by atoms with Crippen molar-refractivity contribution in [2.45, 2.75) is 74.4 Å². The molecule has 67 heavy (non-hydrogen) atoms. The molecule has 5 aromatic carbocycles. The summed E-state index contributed by atoms with van der Waals surface area (Å²) >= 11 is 0. The number of benzene rings is 5. The third-order valence-electron chi connectivity index (χ3n) is 11.0. The first-order valence-corrected chi connectivity index (χ1v) is 21.2. The molecule has 3 fully saturated rings. The molecule has 0 amide bonds. The van der Waals surface area contributed by atoms with E-state index < -0.39 is 117 Å². The highest BCUT2D eigenvalue weighted by molar-refractivity contribution is 5.92. The zero-order chi connectivity index (χ0) is 46.9. The van der Waals surface area contributed by atoms with Gasteiger partial charge in [-0.05, 0) is 60.7 Å². The third kappa shape index (κ3) is 11.1. The molecule has 346 valence electrons. The summed E-state index contributed by atoms with van der Waals surface area (Å²) in [4.78, 5) is 81.4. The fourth-order valence-corrected chi connectivity index (χ4v) is 7.69. The minimum Gasteiger partial charge on any atom is -0.463 e. The monoisotopic (exact) mass is 916 g/mol. The van der Waals surface area contributed by atoms with Crippen LogP contribution < -0.4 is 0 Å². The van der Waals surface area contributed by atoms with Gasteiger partial charge < -0.3 is 52.5 Å². The van der Waals surface area contributed by atoms with E-state index in [2.05, 4.69) is 0 Å². The number of carbonyl (C=O) groups excluding carboxylic acids is 6. The topological polar surface area (TPSA) is 215 Å². The van der Waals surface area contributed by atoms with Crippen LogP contribution in [-0.4, -0.2) is 122 Å². The van der Waals surface area contributed by atoms with Gasteiger partial charge >= 0.3 is 35.8 Å². The van der Waals surface area contributed by atoms with E-state index in [1.54, 1.807) is 91.0 Å². The molecule has 0 radical (unpaired) electrons. The van der Waals surface area contributed by atoms with Crippen molar-refractivity contribution in [1.29, 1.82) is 0 Å². The first-order valence-electron chi connectivity index (χ1n) is 21.2. The summed E-state index contributed by atoms with van der Waals surface area (Å²) in [7, 11) is 0. The van der Waals surface area contributed by atoms with E-state index >= 15 is 0 Å². The Balaban J connectivity index is 1.23. The van der Waals surface area contributed by atoms with Crippen LogP contribution in [-0.2, 0) is 52.2 Å². The number of carbonyl (C=O) groups is 6. The highest BCUT2D eigenvalue weighted by Crippen LogP contribution is 2.40. The predicted octanol–water partition coefficient (Wildman–Crippen LogP) is 4.90. The van der Waals surface area contributed by atoms with Crippen LogP contribution in [0.2, 0.25) is 0 Å². The lowest BCUT2D eigenvalue weighted by molar-refractivity contribution is -0.335. The number of ether oxygens (including phenoxy) is 10. The van der Waals surface area contributed by atoms with Crippen LogP contribution in [0, 0.1) is 0 Å². The maximum absolute atomic E-state index is 14.2. The van der Waals surface area contributed by atoms with Gasteiger partial charge in [0.1, 0.15) is 43.7 Å². The zero-order valence-electron chi connectivity index (χ0n) is 35.7. The molecule has 17 nitrogen and oxygen atoms in total. The number of rotatable bonds is 15. The van der Waals surface area contributed by atoms with Crippen molar-refractivity contribution in [3.8, 4) is 0 Å². The molecular weight excluding hydrogens is 873 g/mol. The fourth-order valence-electron chi connectivity index (χ4n) is 7.69. The van der Waals surface area contributed by atoms with Crippen molar-refractivity contribution >= 4 is 35.8 Å². The molecule has 3 heterocycles. The maximum atomic E-state index is 14.2. The summed E-state index contributed by atoms with van der Waals surface area (Å²) in [5.74, 6) is -5.17. The number of hydrogen-bond acceptors (Lipinski definition) is 17. The highest BCUT2D eigenvalue weighted by Gasteiger charge is 2.61. The molecule has 3 saturated heterocycles. The Morgan fingerprint density at radius 1 is 0.433 bits per heavy atom. The van der Waals surface area contributed by atoms with Crippen LogP contribution in [0.5, 0.6) is 0 Å². The Morgan fingerprint density at radius 2 is 0.821 bits per heavy atom. The van der Waals surface area contributed by atoms with Crippen molar-refractivity contribution in [1.82, 2.24) is 0 Å². The lowest BCUT2D eigenvalue weighted by Crippen LogP contribution is -2.66. The molecule has 11 atom stereocenters. The minimum atomic E-state index is -1.90. The summed E-state index contributed by atoms with van der Waals surface area (Å²) in [5.41, 5.74) is 0.462. The summed E-state index contributed by atoms with van der Waals surface area (Å²) in [6.45, 7) is 0.117. The first-order chi connectivity index (χ1) is 32.5. The number of aliphatic hydroxyl groups excluding tert-OH is 1. The van der Waals surface area contributed by atoms with Gasteiger partial charge in [-0.1, -0.05) is 91.0 Å². The van der Waals surface area contributed by atoms with E-state index in [1.807, 2.05) is 0 Å². The first kappa shape index (κ1) is 46.3. The SMILES string of the molecule is CC(=O)OC[C@@H]1O[C@@H]2O[C@H]1[C@@H](O[C@@H]1O[C@H](COC(=O)c3ccccc3)[C@@H](OC(=O)c3ccccc3)[C@H](OC(=O)c3ccccc3)[C@H]1OC(=O)c1ccccc1)[C@H](OC(=O)c1ccccc1)[C@@H]2O. The number of fused-ring (bicyclic) bond motifs is 2. The zero-order valence-corrected chi connectivity index (χ0v) is 35.7. The average molecular weight is 917 g/mol. The molecule has 0 aromatic heterocycles. The quantitative estimate of drug-likeness (QED) is 0.109. The maximum Gasteiger partial charge on any atom is 0.338 e. The molecule has 5 aromatic rings. The van der Waals surface area contributed by atoms with E-state index in [0.717, 1.165) is 0 Å². The van der Waals surface area contributed by atoms with Gasteiger partial charge in [-0.2, -0.15) is 0 Å². The second-order valence-corrected chi connectivity index (χ2v) is 15.5. The van der Waals surface area contributed by atoms with E-state index in [9.17, 15) is 33.9 Å². The molecule has 8 rings (SSSR count). The van der Waals surface area contributed by atoms with Gasteiger partial charge in [0.2, 0.25) is 0 Å². The number of hydrogen-bond donors (Lipinski definition) is 1. The highest BCUT2D eigenvalue weighted by atomic mass is 16.8. The van der Waals surface area contributed by atoms with Crippen LogP contribution in [0.3, 0.4) is 0 Å². The minimum absolute atomic E-state index is 0.0469. The number of esters is 6. The van der Waals surface area contributed by atoms with Gasteiger partial charge in [0.15, 0.2) is 37.0 Å². The molecule has 3 aliphatic rings. The lowest BCUT2D eigenvalue weighted by Gasteiger charge is -2.47. The fraction of sp³-hybridized carbons (Fsp3) is 0.280. The molecule has 2 bridgehead atoms. The van der Waals surface area contributed by atoms with Gasteiger partial charge in [0.25, 0.3) is 0 Å². The van der Waals surface area contributed by atoms with Crippen LogP contribution in [0.4, 0.5) is 0 Å². The van der Waals surface area contributed by atoms with E-state index in [0.29, 0.717) is 0 Å². The normalized spacial score (nSPS) is 26.3. The summed E-state index contributed by atoms with van der Waals surface area (Å²) in [5, 5.41) is 11.7. The van der Waals surface area contributed by atoms with E-state index in [1.165, 1.54) is 67.6 Å². The Bertz CT molecular complexity index is 2490. The Kier molecular flexibility index (Phi) is 14.7. The van der Waals surface area contributed by atoms with Gasteiger partial charge in [0.05, 0.1) is 27.8 Å². The second-order valence-electron chi connectivity index (χ2n) is 15.5. The van der Waals surface area contributed by atoms with Gasteiger partial charge in [0, 0.05) is 6.92 Å². The third-order valence-corrected chi connectivity index (χ3v) is 11.0. The van der Waals surface area contributed by atoms with E-state index in [4.69, 9.17) is 47.4 Å². The molecule has 0 saturated carbocycles. The molecule has 3 aliphatic heterocycles. The van der Waals surface area contributed by atoms with Crippen molar-refractivity contribution in [2.24, 2.45) is 0 Å². The van der Waals surface area contributed by atoms with Crippen LogP contribution in [0.15, 0.2) is 152 Å². The van der Waals surface area contributed by atoms with Crippen molar-refractivity contribution < 1.29 is 81.2 Å². The molecule has 0 unspecified atom stereocenters. The predicted molar refractivity (Wildman–Crippen MR) is 229 cm³/mol. The van der Waals surface area contributed by atoms with Crippen LogP contribution >= 0.6 is 0 Å². The summed E-state index contributed by atoms with van der Waals surface area (Å²) in [6, 6.07) is 39.3. The van der Waals surface area contributed by atoms with Crippen molar-refractivity contribution in [2.75, 3.05) is 13.2 Å².